The van der Waals surface area contributed by atoms with Crippen molar-refractivity contribution in [2.75, 3.05) is 6.54 Å². The van der Waals surface area contributed by atoms with Crippen LogP contribution in [-0.4, -0.2) is 17.0 Å². The van der Waals surface area contributed by atoms with Gasteiger partial charge in [0.1, 0.15) is 0 Å². The highest BCUT2D eigenvalue weighted by Crippen LogP contribution is 2.13. The Bertz CT molecular complexity index is 570. The van der Waals surface area contributed by atoms with Crippen molar-refractivity contribution in [3.63, 3.8) is 0 Å². The van der Waals surface area contributed by atoms with E-state index in [2.05, 4.69) is 42.9 Å². The molecule has 0 bridgehead atoms. The second-order valence-corrected chi connectivity index (χ2v) is 6.17. The topological polar surface area (TPSA) is 34.0 Å². The van der Waals surface area contributed by atoms with Gasteiger partial charge in [-0.3, -0.25) is 4.79 Å². The molecule has 0 saturated heterocycles. The Hall–Kier alpha value is -1.55. The van der Waals surface area contributed by atoms with Crippen molar-refractivity contribution in [2.24, 2.45) is 7.05 Å². The molecule has 20 heavy (non-hydrogen) atoms. The van der Waals surface area contributed by atoms with Crippen LogP contribution in [0.15, 0.2) is 23.6 Å². The first kappa shape index (κ1) is 14.9. The number of amides is 1. The second-order valence-electron chi connectivity index (χ2n) is 5.13. The predicted molar refractivity (Wildman–Crippen MR) is 84.2 cm³/mol. The Kier molecular flexibility index (Phi) is 5.01. The number of carbonyl (C=O) groups excluding carboxylic acids is 1. The Labute approximate surface area is 124 Å². The molecule has 108 valence electrons. The third-order valence-corrected chi connectivity index (χ3v) is 4.71. The first-order valence-corrected chi connectivity index (χ1v) is 7.86. The van der Waals surface area contributed by atoms with E-state index in [1.807, 2.05) is 11.4 Å². The quantitative estimate of drug-likeness (QED) is 0.872. The maximum Gasteiger partial charge on any atom is 0.220 e. The number of thiophene rings is 1. The molecule has 0 fully saturated rings. The molecule has 0 aliphatic carbocycles. The SMILES string of the molecule is Cc1cc(CCNC(=O)CCc2cccs2)c(C)n1C. The number of aryl methyl sites for hydroxylation is 2. The minimum atomic E-state index is 0.142. The van der Waals surface area contributed by atoms with Crippen LogP contribution < -0.4 is 5.32 Å². The lowest BCUT2D eigenvalue weighted by atomic mass is 10.2. The predicted octanol–water partition coefficient (Wildman–Crippen LogP) is 2.99. The number of carbonyl (C=O) groups is 1. The van der Waals surface area contributed by atoms with Crippen molar-refractivity contribution in [3.8, 4) is 0 Å². The molecule has 2 aromatic rings. The summed E-state index contributed by atoms with van der Waals surface area (Å²) in [6.07, 6.45) is 2.32. The molecule has 0 unspecified atom stereocenters. The van der Waals surface area contributed by atoms with Crippen LogP contribution in [0.2, 0.25) is 0 Å². The van der Waals surface area contributed by atoms with Crippen LogP contribution in [0.25, 0.3) is 0 Å². The fourth-order valence-corrected chi connectivity index (χ4v) is 3.01. The van der Waals surface area contributed by atoms with Crippen LogP contribution in [-0.2, 0) is 24.7 Å². The summed E-state index contributed by atoms with van der Waals surface area (Å²) in [6, 6.07) is 6.31. The zero-order valence-electron chi connectivity index (χ0n) is 12.4. The zero-order chi connectivity index (χ0) is 14.5. The standard InChI is InChI=1S/C16H22N2OS/c1-12-11-14(13(2)18(12)3)8-9-17-16(19)7-6-15-5-4-10-20-15/h4-5,10-11H,6-9H2,1-3H3,(H,17,19). The summed E-state index contributed by atoms with van der Waals surface area (Å²) in [4.78, 5) is 13.0. The summed E-state index contributed by atoms with van der Waals surface area (Å²) in [7, 11) is 2.08. The third kappa shape index (κ3) is 3.73. The summed E-state index contributed by atoms with van der Waals surface area (Å²) >= 11 is 1.71. The van der Waals surface area contributed by atoms with Gasteiger partial charge in [-0.1, -0.05) is 6.07 Å². The lowest BCUT2D eigenvalue weighted by Gasteiger charge is -2.05. The number of hydrogen-bond donors (Lipinski definition) is 1. The van der Waals surface area contributed by atoms with Gasteiger partial charge in [-0.05, 0) is 49.8 Å². The number of aromatic nitrogens is 1. The molecule has 1 amide bonds. The highest BCUT2D eigenvalue weighted by Gasteiger charge is 2.07. The Morgan fingerprint density at radius 1 is 1.35 bits per heavy atom. The average Bonchev–Trinajstić information content (AvgIpc) is 3.02. The molecular weight excluding hydrogens is 268 g/mol. The fraction of sp³-hybridized carbons (Fsp3) is 0.438. The van der Waals surface area contributed by atoms with E-state index in [9.17, 15) is 4.79 Å². The van der Waals surface area contributed by atoms with Crippen LogP contribution in [0.1, 0.15) is 28.2 Å². The van der Waals surface area contributed by atoms with Crippen molar-refractivity contribution >= 4 is 17.2 Å². The molecule has 1 N–H and O–H groups in total. The first-order valence-electron chi connectivity index (χ1n) is 6.99. The molecule has 0 saturated carbocycles. The molecule has 0 aliphatic rings. The maximum atomic E-state index is 11.8. The van der Waals surface area contributed by atoms with Crippen LogP contribution in [0.3, 0.4) is 0 Å². The fourth-order valence-electron chi connectivity index (χ4n) is 2.30. The van der Waals surface area contributed by atoms with Gasteiger partial charge in [0.2, 0.25) is 5.91 Å². The molecule has 4 heteroatoms. The summed E-state index contributed by atoms with van der Waals surface area (Å²) in [5.41, 5.74) is 3.88. The number of rotatable bonds is 6. The minimum Gasteiger partial charge on any atom is -0.356 e. The molecule has 0 aliphatic heterocycles. The van der Waals surface area contributed by atoms with Gasteiger partial charge < -0.3 is 9.88 Å². The lowest BCUT2D eigenvalue weighted by Crippen LogP contribution is -2.25. The van der Waals surface area contributed by atoms with E-state index in [4.69, 9.17) is 0 Å². The summed E-state index contributed by atoms with van der Waals surface area (Å²) in [5.74, 6) is 0.142. The van der Waals surface area contributed by atoms with Crippen molar-refractivity contribution in [3.05, 3.63) is 45.4 Å². The molecule has 2 aromatic heterocycles. The second kappa shape index (κ2) is 6.75. The molecule has 0 radical (unpaired) electrons. The van der Waals surface area contributed by atoms with Crippen molar-refractivity contribution in [2.45, 2.75) is 33.1 Å². The van der Waals surface area contributed by atoms with Crippen molar-refractivity contribution in [1.82, 2.24) is 9.88 Å². The van der Waals surface area contributed by atoms with Gasteiger partial charge in [-0.15, -0.1) is 11.3 Å². The van der Waals surface area contributed by atoms with Gasteiger partial charge in [-0.2, -0.15) is 0 Å². The summed E-state index contributed by atoms with van der Waals surface area (Å²) in [6.45, 7) is 4.95. The lowest BCUT2D eigenvalue weighted by molar-refractivity contribution is -0.121. The average molecular weight is 290 g/mol. The highest BCUT2D eigenvalue weighted by molar-refractivity contribution is 7.09. The molecule has 2 heterocycles. The molecule has 0 atom stereocenters. The number of nitrogens with one attached hydrogen (secondary N) is 1. The van der Waals surface area contributed by atoms with E-state index in [0.29, 0.717) is 13.0 Å². The van der Waals surface area contributed by atoms with Crippen LogP contribution >= 0.6 is 11.3 Å². The van der Waals surface area contributed by atoms with Crippen LogP contribution in [0.5, 0.6) is 0 Å². The molecule has 2 rings (SSSR count). The van der Waals surface area contributed by atoms with Crippen molar-refractivity contribution < 1.29 is 4.79 Å². The van der Waals surface area contributed by atoms with E-state index in [1.165, 1.54) is 21.8 Å². The van der Waals surface area contributed by atoms with Crippen molar-refractivity contribution in [1.29, 1.82) is 0 Å². The summed E-state index contributed by atoms with van der Waals surface area (Å²) < 4.78 is 2.19. The minimum absolute atomic E-state index is 0.142. The maximum absolute atomic E-state index is 11.8. The van der Waals surface area contributed by atoms with Crippen LogP contribution in [0, 0.1) is 13.8 Å². The Morgan fingerprint density at radius 3 is 2.75 bits per heavy atom. The molecule has 0 spiro atoms. The van der Waals surface area contributed by atoms with E-state index < -0.39 is 0 Å². The van der Waals surface area contributed by atoms with Gasteiger partial charge in [0.05, 0.1) is 0 Å². The van der Waals surface area contributed by atoms with Crippen LogP contribution in [0.4, 0.5) is 0 Å². The number of nitrogens with zero attached hydrogens (tertiary/aromatic N) is 1. The monoisotopic (exact) mass is 290 g/mol. The Balaban J connectivity index is 1.72. The molecular formula is C16H22N2OS. The van der Waals surface area contributed by atoms with E-state index in [0.717, 1.165) is 12.8 Å². The molecule has 3 nitrogen and oxygen atoms in total. The zero-order valence-corrected chi connectivity index (χ0v) is 13.2. The van der Waals surface area contributed by atoms with E-state index >= 15 is 0 Å². The smallest absolute Gasteiger partial charge is 0.220 e. The first-order chi connectivity index (χ1) is 9.58. The highest BCUT2D eigenvalue weighted by atomic mass is 32.1. The van der Waals surface area contributed by atoms with E-state index in [1.54, 1.807) is 11.3 Å². The van der Waals surface area contributed by atoms with E-state index in [-0.39, 0.29) is 5.91 Å². The van der Waals surface area contributed by atoms with Gasteiger partial charge in [0.25, 0.3) is 0 Å². The Morgan fingerprint density at radius 2 is 2.15 bits per heavy atom. The van der Waals surface area contributed by atoms with Gasteiger partial charge in [-0.25, -0.2) is 0 Å². The van der Waals surface area contributed by atoms with Gasteiger partial charge in [0.15, 0.2) is 0 Å². The third-order valence-electron chi connectivity index (χ3n) is 3.78. The van der Waals surface area contributed by atoms with Gasteiger partial charge >= 0.3 is 0 Å². The number of hydrogen-bond acceptors (Lipinski definition) is 2. The molecule has 0 aromatic carbocycles. The summed E-state index contributed by atoms with van der Waals surface area (Å²) in [5, 5.41) is 5.06. The normalized spacial score (nSPS) is 10.8. The largest absolute Gasteiger partial charge is 0.356 e. The van der Waals surface area contributed by atoms with Gasteiger partial charge in [0, 0.05) is 36.3 Å².